The molecule has 0 aromatic carbocycles. The highest BCUT2D eigenvalue weighted by atomic mass is 19.1. The summed E-state index contributed by atoms with van der Waals surface area (Å²) in [6.45, 7) is 0.557. The van der Waals surface area contributed by atoms with Crippen LogP contribution in [0.1, 0.15) is 6.42 Å². The zero-order valence-electron chi connectivity index (χ0n) is 8.91. The SMILES string of the molecule is COCC(O)CCNc1ncc(F)cc1F. The fraction of sp³-hybridized carbons (Fsp3) is 0.500. The fourth-order valence-electron chi connectivity index (χ4n) is 1.18. The molecule has 4 nitrogen and oxygen atoms in total. The Morgan fingerprint density at radius 2 is 2.31 bits per heavy atom. The highest BCUT2D eigenvalue weighted by Crippen LogP contribution is 2.10. The van der Waals surface area contributed by atoms with Gasteiger partial charge in [0.15, 0.2) is 11.6 Å². The maximum Gasteiger partial charge on any atom is 0.168 e. The molecule has 1 aromatic rings. The van der Waals surface area contributed by atoms with Crippen molar-refractivity contribution in [2.75, 3.05) is 25.6 Å². The van der Waals surface area contributed by atoms with Gasteiger partial charge in [-0.05, 0) is 6.42 Å². The highest BCUT2D eigenvalue weighted by molar-refractivity contribution is 5.35. The molecule has 0 fully saturated rings. The van der Waals surface area contributed by atoms with Gasteiger partial charge in [-0.15, -0.1) is 0 Å². The minimum Gasteiger partial charge on any atom is -0.391 e. The second-order valence-corrected chi connectivity index (χ2v) is 3.31. The van der Waals surface area contributed by atoms with Crippen molar-refractivity contribution >= 4 is 5.82 Å². The molecule has 1 heterocycles. The zero-order chi connectivity index (χ0) is 12.0. The van der Waals surface area contributed by atoms with Crippen molar-refractivity contribution in [2.45, 2.75) is 12.5 Å². The zero-order valence-corrected chi connectivity index (χ0v) is 8.91. The summed E-state index contributed by atoms with van der Waals surface area (Å²) in [7, 11) is 1.48. The standard InChI is InChI=1S/C10H14F2N2O2/c1-16-6-8(15)2-3-13-10-9(12)4-7(11)5-14-10/h4-5,8,15H,2-3,6H2,1H3,(H,13,14). The lowest BCUT2D eigenvalue weighted by atomic mass is 10.2. The number of rotatable bonds is 6. The number of pyridine rings is 1. The fourth-order valence-corrected chi connectivity index (χ4v) is 1.18. The van der Waals surface area contributed by atoms with Crippen LogP contribution in [0.25, 0.3) is 0 Å². The van der Waals surface area contributed by atoms with Crippen LogP contribution in [0, 0.1) is 11.6 Å². The molecule has 0 aliphatic heterocycles. The van der Waals surface area contributed by atoms with Crippen molar-refractivity contribution in [3.63, 3.8) is 0 Å². The van der Waals surface area contributed by atoms with E-state index in [-0.39, 0.29) is 12.4 Å². The van der Waals surface area contributed by atoms with Gasteiger partial charge in [0.1, 0.15) is 5.82 Å². The normalized spacial score (nSPS) is 12.5. The van der Waals surface area contributed by atoms with Crippen LogP contribution in [0.2, 0.25) is 0 Å². The lowest BCUT2D eigenvalue weighted by Gasteiger charge is -2.10. The molecule has 2 N–H and O–H groups in total. The van der Waals surface area contributed by atoms with E-state index in [0.29, 0.717) is 13.0 Å². The highest BCUT2D eigenvalue weighted by Gasteiger charge is 2.06. The summed E-state index contributed by atoms with van der Waals surface area (Å²) in [6.07, 6.45) is 0.713. The molecule has 0 spiro atoms. The van der Waals surface area contributed by atoms with E-state index in [0.717, 1.165) is 12.3 Å². The summed E-state index contributed by atoms with van der Waals surface area (Å²) in [4.78, 5) is 3.55. The molecule has 16 heavy (non-hydrogen) atoms. The van der Waals surface area contributed by atoms with Gasteiger partial charge in [-0.2, -0.15) is 0 Å². The number of halogens is 2. The van der Waals surface area contributed by atoms with E-state index in [4.69, 9.17) is 4.74 Å². The largest absolute Gasteiger partial charge is 0.391 e. The molecule has 90 valence electrons. The number of aliphatic hydroxyl groups excluding tert-OH is 1. The van der Waals surface area contributed by atoms with Gasteiger partial charge in [-0.25, -0.2) is 13.8 Å². The second kappa shape index (κ2) is 6.34. The third kappa shape index (κ3) is 4.08. The molecule has 0 aliphatic rings. The van der Waals surface area contributed by atoms with Crippen LogP contribution in [0.3, 0.4) is 0 Å². The number of ether oxygens (including phenoxy) is 1. The van der Waals surface area contributed by atoms with Crippen LogP contribution in [0.5, 0.6) is 0 Å². The number of aliphatic hydroxyl groups is 1. The van der Waals surface area contributed by atoms with Gasteiger partial charge in [0.2, 0.25) is 0 Å². The van der Waals surface area contributed by atoms with Gasteiger partial charge in [-0.1, -0.05) is 0 Å². The average Bonchev–Trinajstić information content (AvgIpc) is 2.22. The molecule has 0 aliphatic carbocycles. The van der Waals surface area contributed by atoms with E-state index >= 15 is 0 Å². The van der Waals surface area contributed by atoms with Crippen LogP contribution in [-0.2, 0) is 4.74 Å². The van der Waals surface area contributed by atoms with Crippen LogP contribution < -0.4 is 5.32 Å². The summed E-state index contributed by atoms with van der Waals surface area (Å²) in [5.74, 6) is -1.49. The summed E-state index contributed by atoms with van der Waals surface area (Å²) in [6, 6.07) is 0.751. The lowest BCUT2D eigenvalue weighted by Crippen LogP contribution is -2.19. The maximum atomic E-state index is 13.1. The number of hydrogen-bond donors (Lipinski definition) is 2. The van der Waals surface area contributed by atoms with Crippen molar-refractivity contribution in [1.29, 1.82) is 0 Å². The number of anilines is 1. The molecule has 0 bridgehead atoms. The van der Waals surface area contributed by atoms with E-state index in [1.165, 1.54) is 7.11 Å². The third-order valence-corrected chi connectivity index (χ3v) is 1.94. The van der Waals surface area contributed by atoms with Gasteiger partial charge >= 0.3 is 0 Å². The third-order valence-electron chi connectivity index (χ3n) is 1.94. The van der Waals surface area contributed by atoms with Gasteiger partial charge in [0.25, 0.3) is 0 Å². The number of nitrogens with one attached hydrogen (secondary N) is 1. The predicted octanol–water partition coefficient (Wildman–Crippen LogP) is 1.17. The minimum absolute atomic E-state index is 0.0222. The molecule has 1 unspecified atom stereocenters. The number of methoxy groups -OCH3 is 1. The summed E-state index contributed by atoms with van der Waals surface area (Å²) in [5.41, 5.74) is 0. The first-order valence-corrected chi connectivity index (χ1v) is 4.85. The minimum atomic E-state index is -0.749. The predicted molar refractivity (Wildman–Crippen MR) is 55.1 cm³/mol. The Bertz CT molecular complexity index is 337. The topological polar surface area (TPSA) is 54.4 Å². The van der Waals surface area contributed by atoms with E-state index < -0.39 is 17.7 Å². The number of aromatic nitrogens is 1. The molecule has 1 aromatic heterocycles. The Labute approximate surface area is 92.3 Å². The van der Waals surface area contributed by atoms with Gasteiger partial charge in [-0.3, -0.25) is 0 Å². The Hall–Kier alpha value is -1.27. The Kier molecular flexibility index (Phi) is 5.07. The van der Waals surface area contributed by atoms with E-state index in [1.807, 2.05) is 0 Å². The number of nitrogens with zero attached hydrogens (tertiary/aromatic N) is 1. The molecule has 1 rings (SSSR count). The van der Waals surface area contributed by atoms with E-state index in [1.54, 1.807) is 0 Å². The molecule has 6 heteroatoms. The molecule has 0 saturated carbocycles. The van der Waals surface area contributed by atoms with Crippen molar-refractivity contribution in [2.24, 2.45) is 0 Å². The smallest absolute Gasteiger partial charge is 0.168 e. The van der Waals surface area contributed by atoms with Gasteiger partial charge < -0.3 is 15.2 Å². The van der Waals surface area contributed by atoms with Gasteiger partial charge in [0, 0.05) is 19.7 Å². The van der Waals surface area contributed by atoms with Crippen LogP contribution in [0.15, 0.2) is 12.3 Å². The molecule has 0 amide bonds. The van der Waals surface area contributed by atoms with Crippen molar-refractivity contribution < 1.29 is 18.6 Å². The summed E-state index contributed by atoms with van der Waals surface area (Å²) >= 11 is 0. The Morgan fingerprint density at radius 1 is 1.56 bits per heavy atom. The van der Waals surface area contributed by atoms with Gasteiger partial charge in [0.05, 0.1) is 18.9 Å². The van der Waals surface area contributed by atoms with Crippen molar-refractivity contribution in [1.82, 2.24) is 4.98 Å². The van der Waals surface area contributed by atoms with E-state index in [2.05, 4.69) is 10.3 Å². The van der Waals surface area contributed by atoms with Crippen LogP contribution >= 0.6 is 0 Å². The molecular weight excluding hydrogens is 218 g/mol. The molecule has 0 saturated heterocycles. The van der Waals surface area contributed by atoms with E-state index in [9.17, 15) is 13.9 Å². The summed E-state index contributed by atoms with van der Waals surface area (Å²) < 4.78 is 30.3. The Morgan fingerprint density at radius 3 is 2.94 bits per heavy atom. The van der Waals surface area contributed by atoms with Crippen molar-refractivity contribution in [3.8, 4) is 0 Å². The summed E-state index contributed by atoms with van der Waals surface area (Å²) in [5, 5.41) is 12.0. The Balaban J connectivity index is 2.37. The lowest BCUT2D eigenvalue weighted by molar-refractivity contribution is 0.0615. The average molecular weight is 232 g/mol. The first-order chi connectivity index (χ1) is 7.63. The second-order valence-electron chi connectivity index (χ2n) is 3.31. The monoisotopic (exact) mass is 232 g/mol. The molecule has 0 radical (unpaired) electrons. The number of hydrogen-bond acceptors (Lipinski definition) is 4. The molecular formula is C10H14F2N2O2. The quantitative estimate of drug-likeness (QED) is 0.773. The van der Waals surface area contributed by atoms with Crippen LogP contribution in [0.4, 0.5) is 14.6 Å². The first kappa shape index (κ1) is 12.8. The van der Waals surface area contributed by atoms with Crippen LogP contribution in [-0.4, -0.2) is 36.5 Å². The maximum absolute atomic E-state index is 13.1. The van der Waals surface area contributed by atoms with Crippen molar-refractivity contribution in [3.05, 3.63) is 23.9 Å². The first-order valence-electron chi connectivity index (χ1n) is 4.85. The molecule has 1 atom stereocenters.